The van der Waals surface area contributed by atoms with E-state index in [-0.39, 0.29) is 0 Å². The van der Waals surface area contributed by atoms with Crippen molar-refractivity contribution in [3.63, 3.8) is 0 Å². The van der Waals surface area contributed by atoms with Crippen LogP contribution in [0.1, 0.15) is 62.1 Å². The van der Waals surface area contributed by atoms with Gasteiger partial charge in [0.1, 0.15) is 0 Å². The third kappa shape index (κ3) is 1.52. The highest BCUT2D eigenvalue weighted by Gasteiger charge is 2.23. The molecular weight excluding hydrogens is 192 g/mol. The lowest BCUT2D eigenvalue weighted by Crippen LogP contribution is -1.93. The summed E-state index contributed by atoms with van der Waals surface area (Å²) in [7, 11) is 0. The molecule has 0 aliphatic heterocycles. The molecule has 0 saturated carbocycles. The summed E-state index contributed by atoms with van der Waals surface area (Å²) in [6, 6.07) is 7.14. The van der Waals surface area contributed by atoms with Crippen molar-refractivity contribution >= 4 is 5.57 Å². The van der Waals surface area contributed by atoms with Gasteiger partial charge in [0.05, 0.1) is 0 Å². The van der Waals surface area contributed by atoms with Gasteiger partial charge in [-0.15, -0.1) is 0 Å². The van der Waals surface area contributed by atoms with Gasteiger partial charge in [-0.1, -0.05) is 37.6 Å². The van der Waals surface area contributed by atoms with Crippen LogP contribution in [0.25, 0.3) is 5.57 Å². The zero-order chi connectivity index (χ0) is 11.1. The second-order valence-electron chi connectivity index (χ2n) is 5.54. The molecule has 3 rings (SSSR count). The second-order valence-corrected chi connectivity index (χ2v) is 5.54. The fraction of sp³-hybridized carbons (Fsp3) is 0.500. The van der Waals surface area contributed by atoms with E-state index in [1.54, 1.807) is 22.3 Å². The summed E-state index contributed by atoms with van der Waals surface area (Å²) in [5, 5.41) is 0. The maximum Gasteiger partial charge on any atom is -0.00549 e. The van der Waals surface area contributed by atoms with Gasteiger partial charge in [0.2, 0.25) is 0 Å². The Bertz CT molecular complexity index is 449. The summed E-state index contributed by atoms with van der Waals surface area (Å²) in [6.45, 7) is 4.56. The Hall–Kier alpha value is -1.04. The van der Waals surface area contributed by atoms with Gasteiger partial charge in [-0.3, -0.25) is 0 Å². The highest BCUT2D eigenvalue weighted by Crippen LogP contribution is 2.42. The topological polar surface area (TPSA) is 0 Å². The van der Waals surface area contributed by atoms with E-state index < -0.39 is 0 Å². The normalized spacial score (nSPS) is 18.9. The molecule has 16 heavy (non-hydrogen) atoms. The number of benzene rings is 1. The molecule has 0 spiro atoms. The van der Waals surface area contributed by atoms with Crippen LogP contribution in [0, 0.1) is 0 Å². The lowest BCUT2D eigenvalue weighted by Gasteiger charge is -2.14. The first-order chi connectivity index (χ1) is 7.75. The summed E-state index contributed by atoms with van der Waals surface area (Å²) in [5.41, 5.74) is 8.09. The lowest BCUT2D eigenvalue weighted by molar-refractivity contribution is 0.711. The smallest absolute Gasteiger partial charge is 0.00549 e. The van der Waals surface area contributed by atoms with Crippen molar-refractivity contribution in [3.8, 4) is 0 Å². The molecule has 0 N–H and O–H groups in total. The molecule has 0 heterocycles. The molecule has 1 aromatic rings. The van der Waals surface area contributed by atoms with Crippen LogP contribution in [0.3, 0.4) is 0 Å². The Morgan fingerprint density at radius 2 is 1.88 bits per heavy atom. The standard InChI is InChI=1S/C16H20/c1-11(2)12-7-8-16-14(9-12)10-13-5-3-4-6-15(13)16/h7-9,11H,3-6,10H2,1-2H3. The van der Waals surface area contributed by atoms with Crippen LogP contribution in [0.4, 0.5) is 0 Å². The third-order valence-electron chi connectivity index (χ3n) is 4.11. The molecule has 0 fully saturated rings. The van der Waals surface area contributed by atoms with Crippen LogP contribution in [0.15, 0.2) is 23.8 Å². The maximum atomic E-state index is 2.44. The largest absolute Gasteiger partial charge is 0.0620 e. The van der Waals surface area contributed by atoms with Gasteiger partial charge in [0.15, 0.2) is 0 Å². The zero-order valence-electron chi connectivity index (χ0n) is 10.3. The fourth-order valence-corrected chi connectivity index (χ4v) is 3.13. The molecule has 2 aliphatic rings. The quantitative estimate of drug-likeness (QED) is 0.633. The first-order valence-corrected chi connectivity index (χ1v) is 6.60. The van der Waals surface area contributed by atoms with Crippen LogP contribution in [-0.4, -0.2) is 0 Å². The second kappa shape index (κ2) is 3.76. The summed E-state index contributed by atoms with van der Waals surface area (Å²) in [4.78, 5) is 0. The number of allylic oxidation sites excluding steroid dienone is 2. The van der Waals surface area contributed by atoms with Crippen molar-refractivity contribution in [3.05, 3.63) is 40.5 Å². The molecule has 0 heteroatoms. The Kier molecular flexibility index (Phi) is 2.38. The van der Waals surface area contributed by atoms with Gasteiger partial charge in [0, 0.05) is 0 Å². The molecule has 0 unspecified atom stereocenters. The minimum atomic E-state index is 0.655. The molecule has 2 aliphatic carbocycles. The Morgan fingerprint density at radius 3 is 2.69 bits per heavy atom. The van der Waals surface area contributed by atoms with E-state index in [0.29, 0.717) is 5.92 Å². The van der Waals surface area contributed by atoms with Crippen molar-refractivity contribution in [2.24, 2.45) is 0 Å². The first kappa shape index (κ1) is 10.1. The van der Waals surface area contributed by atoms with Crippen LogP contribution in [0.5, 0.6) is 0 Å². The average molecular weight is 212 g/mol. The molecule has 0 aromatic heterocycles. The van der Waals surface area contributed by atoms with Crippen molar-refractivity contribution < 1.29 is 0 Å². The molecule has 1 aromatic carbocycles. The molecule has 0 amide bonds. The SMILES string of the molecule is CC(C)c1ccc2c(c1)CC1=C2CCCC1. The molecule has 0 saturated heterocycles. The lowest BCUT2D eigenvalue weighted by atomic mass is 9.91. The van der Waals surface area contributed by atoms with E-state index in [9.17, 15) is 0 Å². The predicted octanol–water partition coefficient (Wildman–Crippen LogP) is 4.69. The van der Waals surface area contributed by atoms with Crippen molar-refractivity contribution in [1.82, 2.24) is 0 Å². The monoisotopic (exact) mass is 212 g/mol. The number of fused-ring (bicyclic) bond motifs is 2. The predicted molar refractivity (Wildman–Crippen MR) is 69.6 cm³/mol. The first-order valence-electron chi connectivity index (χ1n) is 6.60. The van der Waals surface area contributed by atoms with E-state index in [0.717, 1.165) is 0 Å². The molecule has 0 bridgehead atoms. The molecule has 0 nitrogen and oxygen atoms in total. The Balaban J connectivity index is 2.01. The highest BCUT2D eigenvalue weighted by atomic mass is 14.3. The van der Waals surface area contributed by atoms with Crippen molar-refractivity contribution in [2.75, 3.05) is 0 Å². The van der Waals surface area contributed by atoms with Crippen LogP contribution >= 0.6 is 0 Å². The minimum absolute atomic E-state index is 0.655. The van der Waals surface area contributed by atoms with E-state index in [4.69, 9.17) is 0 Å². The zero-order valence-corrected chi connectivity index (χ0v) is 10.3. The highest BCUT2D eigenvalue weighted by molar-refractivity contribution is 5.77. The summed E-state index contributed by atoms with van der Waals surface area (Å²) >= 11 is 0. The summed E-state index contributed by atoms with van der Waals surface area (Å²) in [6.07, 6.45) is 6.71. The third-order valence-corrected chi connectivity index (χ3v) is 4.11. The number of hydrogen-bond acceptors (Lipinski definition) is 0. The van der Waals surface area contributed by atoms with E-state index in [2.05, 4.69) is 32.0 Å². The van der Waals surface area contributed by atoms with E-state index >= 15 is 0 Å². The van der Waals surface area contributed by atoms with Crippen LogP contribution < -0.4 is 0 Å². The maximum absolute atomic E-state index is 2.44. The molecular formula is C16H20. The van der Waals surface area contributed by atoms with Crippen LogP contribution in [0.2, 0.25) is 0 Å². The van der Waals surface area contributed by atoms with Crippen LogP contribution in [-0.2, 0) is 6.42 Å². The van der Waals surface area contributed by atoms with Gasteiger partial charge in [-0.05, 0) is 60.3 Å². The minimum Gasteiger partial charge on any atom is -0.0620 e. The van der Waals surface area contributed by atoms with Gasteiger partial charge in [0.25, 0.3) is 0 Å². The number of rotatable bonds is 1. The molecule has 0 radical (unpaired) electrons. The fourth-order valence-electron chi connectivity index (χ4n) is 3.13. The molecule has 84 valence electrons. The van der Waals surface area contributed by atoms with Gasteiger partial charge in [-0.25, -0.2) is 0 Å². The molecule has 0 atom stereocenters. The van der Waals surface area contributed by atoms with E-state index in [1.165, 1.54) is 37.7 Å². The number of hydrogen-bond donors (Lipinski definition) is 0. The Labute approximate surface area is 98.4 Å². The van der Waals surface area contributed by atoms with E-state index in [1.807, 2.05) is 0 Å². The van der Waals surface area contributed by atoms with Crippen molar-refractivity contribution in [2.45, 2.75) is 51.9 Å². The Morgan fingerprint density at radius 1 is 1.06 bits per heavy atom. The van der Waals surface area contributed by atoms with Gasteiger partial charge < -0.3 is 0 Å². The summed E-state index contributed by atoms with van der Waals surface area (Å²) in [5.74, 6) is 0.655. The summed E-state index contributed by atoms with van der Waals surface area (Å²) < 4.78 is 0. The van der Waals surface area contributed by atoms with Crippen molar-refractivity contribution in [1.29, 1.82) is 0 Å². The average Bonchev–Trinajstić information content (AvgIpc) is 2.66. The van der Waals surface area contributed by atoms with Gasteiger partial charge in [-0.2, -0.15) is 0 Å². The van der Waals surface area contributed by atoms with Gasteiger partial charge >= 0.3 is 0 Å².